The third-order valence-electron chi connectivity index (χ3n) is 4.41. The van der Waals surface area contributed by atoms with Crippen molar-refractivity contribution in [2.45, 2.75) is 0 Å². The fourth-order valence-corrected chi connectivity index (χ4v) is 4.53. The molecule has 156 valence electrons. The number of carbonyl (C=O) groups is 1. The van der Waals surface area contributed by atoms with Crippen molar-refractivity contribution in [1.82, 2.24) is 10.3 Å². The first-order valence-electron chi connectivity index (χ1n) is 9.09. The molecule has 0 unspecified atom stereocenters. The average Bonchev–Trinajstić information content (AvgIpc) is 3.19. The standard InChI is InChI=1S/C22H16BrN3O3S2/c1-29-18-9-6-12(23)10-15(18)20(28)26-22(30)24-13-7-8-17(27)14(11-13)21-25-16-4-2-3-5-19(16)31-21/h2-11,27H,1H3,(H2,24,26,28,30). The highest BCUT2D eigenvalue weighted by Crippen LogP contribution is 2.36. The SMILES string of the molecule is COc1ccc(Br)cc1C(=O)NC(=S)Nc1ccc(O)c(-c2nc3ccccc3s2)c1. The zero-order valence-corrected chi connectivity index (χ0v) is 19.4. The molecule has 0 aliphatic heterocycles. The molecular weight excluding hydrogens is 498 g/mol. The van der Waals surface area contributed by atoms with E-state index in [4.69, 9.17) is 17.0 Å². The Hall–Kier alpha value is -3.01. The van der Waals surface area contributed by atoms with Crippen molar-refractivity contribution in [1.29, 1.82) is 0 Å². The van der Waals surface area contributed by atoms with E-state index < -0.39 is 5.91 Å². The van der Waals surface area contributed by atoms with Crippen LogP contribution in [0.15, 0.2) is 65.1 Å². The Morgan fingerprint density at radius 3 is 2.74 bits per heavy atom. The maximum Gasteiger partial charge on any atom is 0.261 e. The van der Waals surface area contributed by atoms with E-state index in [0.717, 1.165) is 14.7 Å². The number of rotatable bonds is 4. The Morgan fingerprint density at radius 1 is 1.16 bits per heavy atom. The van der Waals surface area contributed by atoms with E-state index in [9.17, 15) is 9.90 Å². The molecule has 0 aliphatic rings. The maximum absolute atomic E-state index is 12.6. The number of ether oxygens (including phenoxy) is 1. The minimum absolute atomic E-state index is 0.110. The average molecular weight is 514 g/mol. The fourth-order valence-electron chi connectivity index (χ4n) is 2.96. The van der Waals surface area contributed by atoms with Crippen molar-refractivity contribution in [2.24, 2.45) is 0 Å². The van der Waals surface area contributed by atoms with Gasteiger partial charge in [-0.2, -0.15) is 0 Å². The molecule has 9 heteroatoms. The first-order valence-corrected chi connectivity index (χ1v) is 11.1. The molecular formula is C22H16BrN3O3S2. The van der Waals surface area contributed by atoms with Crippen LogP contribution in [0.3, 0.4) is 0 Å². The summed E-state index contributed by atoms with van der Waals surface area (Å²) in [6.07, 6.45) is 0. The number of nitrogens with zero attached hydrogens (tertiary/aromatic N) is 1. The first kappa shape index (κ1) is 21.2. The largest absolute Gasteiger partial charge is 0.507 e. The van der Waals surface area contributed by atoms with Gasteiger partial charge in [0.05, 0.1) is 28.5 Å². The van der Waals surface area contributed by atoms with Gasteiger partial charge in [0.15, 0.2) is 5.11 Å². The van der Waals surface area contributed by atoms with E-state index in [1.807, 2.05) is 24.3 Å². The van der Waals surface area contributed by atoms with Gasteiger partial charge in [0.25, 0.3) is 5.91 Å². The highest BCUT2D eigenvalue weighted by atomic mass is 79.9. The van der Waals surface area contributed by atoms with Gasteiger partial charge in [-0.05, 0) is 60.7 Å². The molecule has 1 aromatic heterocycles. The summed E-state index contributed by atoms with van der Waals surface area (Å²) in [6, 6.07) is 17.9. The molecule has 0 aliphatic carbocycles. The number of hydrogen-bond donors (Lipinski definition) is 3. The van der Waals surface area contributed by atoms with Crippen molar-refractivity contribution in [2.75, 3.05) is 12.4 Å². The number of aromatic nitrogens is 1. The van der Waals surface area contributed by atoms with Gasteiger partial charge in [-0.15, -0.1) is 11.3 Å². The minimum atomic E-state index is -0.402. The number of halogens is 1. The van der Waals surface area contributed by atoms with Gasteiger partial charge in [0.1, 0.15) is 16.5 Å². The van der Waals surface area contributed by atoms with Gasteiger partial charge in [0.2, 0.25) is 0 Å². The molecule has 1 heterocycles. The Morgan fingerprint density at radius 2 is 1.97 bits per heavy atom. The lowest BCUT2D eigenvalue weighted by molar-refractivity contribution is 0.0974. The van der Waals surface area contributed by atoms with Gasteiger partial charge in [-0.1, -0.05) is 28.1 Å². The highest BCUT2D eigenvalue weighted by molar-refractivity contribution is 9.10. The lowest BCUT2D eigenvalue weighted by Crippen LogP contribution is -2.34. The van der Waals surface area contributed by atoms with Crippen LogP contribution < -0.4 is 15.4 Å². The smallest absolute Gasteiger partial charge is 0.261 e. The van der Waals surface area contributed by atoms with E-state index >= 15 is 0 Å². The number of fused-ring (bicyclic) bond motifs is 1. The zero-order chi connectivity index (χ0) is 22.0. The van der Waals surface area contributed by atoms with Crippen LogP contribution in [0.4, 0.5) is 5.69 Å². The molecule has 0 saturated heterocycles. The summed E-state index contributed by atoms with van der Waals surface area (Å²) in [5, 5.41) is 16.8. The number of benzene rings is 3. The van der Waals surface area contributed by atoms with Crippen LogP contribution in [0.25, 0.3) is 20.8 Å². The molecule has 4 aromatic rings. The summed E-state index contributed by atoms with van der Waals surface area (Å²) in [5.41, 5.74) is 2.40. The monoisotopic (exact) mass is 513 g/mol. The second kappa shape index (κ2) is 9.01. The maximum atomic E-state index is 12.6. The third kappa shape index (κ3) is 4.68. The van der Waals surface area contributed by atoms with Crippen molar-refractivity contribution >= 4 is 66.4 Å². The van der Waals surface area contributed by atoms with Gasteiger partial charge in [-0.25, -0.2) is 4.98 Å². The van der Waals surface area contributed by atoms with Crippen LogP contribution in [0, 0.1) is 0 Å². The molecule has 1 amide bonds. The van der Waals surface area contributed by atoms with Crippen molar-refractivity contribution in [3.8, 4) is 22.1 Å². The number of thiocarbonyl (C=S) groups is 1. The predicted octanol–water partition coefficient (Wildman–Crippen LogP) is 5.57. The summed E-state index contributed by atoms with van der Waals surface area (Å²) in [7, 11) is 1.50. The van der Waals surface area contributed by atoms with E-state index in [1.54, 1.807) is 36.4 Å². The number of amides is 1. The first-order chi connectivity index (χ1) is 14.9. The normalized spacial score (nSPS) is 10.6. The lowest BCUT2D eigenvalue weighted by atomic mass is 10.2. The predicted molar refractivity (Wildman–Crippen MR) is 131 cm³/mol. The molecule has 0 spiro atoms. The lowest BCUT2D eigenvalue weighted by Gasteiger charge is -2.13. The summed E-state index contributed by atoms with van der Waals surface area (Å²) in [4.78, 5) is 17.2. The summed E-state index contributed by atoms with van der Waals surface area (Å²) in [5.74, 6) is 0.144. The fraction of sp³-hybridized carbons (Fsp3) is 0.0455. The van der Waals surface area contributed by atoms with E-state index in [-0.39, 0.29) is 10.9 Å². The minimum Gasteiger partial charge on any atom is -0.507 e. The number of aromatic hydroxyl groups is 1. The zero-order valence-electron chi connectivity index (χ0n) is 16.2. The van der Waals surface area contributed by atoms with Gasteiger partial charge in [-0.3, -0.25) is 10.1 Å². The Balaban J connectivity index is 1.53. The molecule has 0 saturated carbocycles. The van der Waals surface area contributed by atoms with Crippen molar-refractivity contribution < 1.29 is 14.6 Å². The van der Waals surface area contributed by atoms with Gasteiger partial charge in [0, 0.05) is 10.2 Å². The molecule has 4 rings (SSSR count). The molecule has 3 aromatic carbocycles. The Kier molecular flexibility index (Phi) is 6.17. The Bertz CT molecular complexity index is 1270. The molecule has 0 fully saturated rings. The number of thiazole rings is 1. The third-order valence-corrected chi connectivity index (χ3v) is 6.18. The van der Waals surface area contributed by atoms with E-state index in [1.165, 1.54) is 18.4 Å². The second-order valence-corrected chi connectivity index (χ2v) is 8.83. The van der Waals surface area contributed by atoms with Crippen molar-refractivity contribution in [3.05, 3.63) is 70.7 Å². The summed E-state index contributed by atoms with van der Waals surface area (Å²) >= 11 is 10.1. The highest BCUT2D eigenvalue weighted by Gasteiger charge is 2.15. The van der Waals surface area contributed by atoms with E-state index in [2.05, 4.69) is 31.5 Å². The van der Waals surface area contributed by atoms with Gasteiger partial charge >= 0.3 is 0 Å². The van der Waals surface area contributed by atoms with Crippen LogP contribution in [0.5, 0.6) is 11.5 Å². The number of para-hydroxylation sites is 1. The van der Waals surface area contributed by atoms with E-state index in [0.29, 0.717) is 27.6 Å². The van der Waals surface area contributed by atoms with Crippen molar-refractivity contribution in [3.63, 3.8) is 0 Å². The number of hydrogen-bond acceptors (Lipinski definition) is 6. The van der Waals surface area contributed by atoms with Crippen LogP contribution >= 0.6 is 39.5 Å². The van der Waals surface area contributed by atoms with Gasteiger partial charge < -0.3 is 15.2 Å². The van der Waals surface area contributed by atoms with Crippen LogP contribution in [-0.4, -0.2) is 28.2 Å². The molecule has 0 bridgehead atoms. The molecule has 0 atom stereocenters. The van der Waals surface area contributed by atoms with Crippen LogP contribution in [0.2, 0.25) is 0 Å². The number of methoxy groups -OCH3 is 1. The van der Waals surface area contributed by atoms with Crippen LogP contribution in [0.1, 0.15) is 10.4 Å². The Labute approximate surface area is 196 Å². The quantitative estimate of drug-likeness (QED) is 0.244. The molecule has 31 heavy (non-hydrogen) atoms. The van der Waals surface area contributed by atoms with Crippen LogP contribution in [-0.2, 0) is 0 Å². The number of carbonyl (C=O) groups excluding carboxylic acids is 1. The topological polar surface area (TPSA) is 83.5 Å². The summed E-state index contributed by atoms with van der Waals surface area (Å²) < 4.78 is 7.02. The number of nitrogens with one attached hydrogen (secondary N) is 2. The number of phenols is 1. The summed E-state index contributed by atoms with van der Waals surface area (Å²) in [6.45, 7) is 0. The second-order valence-electron chi connectivity index (χ2n) is 6.47. The molecule has 0 radical (unpaired) electrons. The number of phenolic OH excluding ortho intramolecular Hbond substituents is 1. The molecule has 3 N–H and O–H groups in total. The number of anilines is 1. The molecule has 6 nitrogen and oxygen atoms in total.